The van der Waals surface area contributed by atoms with Crippen molar-refractivity contribution in [3.63, 3.8) is 0 Å². The van der Waals surface area contributed by atoms with Crippen LogP contribution in [-0.2, 0) is 9.59 Å². The van der Waals surface area contributed by atoms with Gasteiger partial charge in [0.1, 0.15) is 0 Å². The van der Waals surface area contributed by atoms with Crippen LogP contribution in [0.1, 0.15) is 31.9 Å². The van der Waals surface area contributed by atoms with Gasteiger partial charge in [-0.15, -0.1) is 0 Å². The van der Waals surface area contributed by atoms with Crippen LogP contribution in [0.15, 0.2) is 30.3 Å². The highest BCUT2D eigenvalue weighted by molar-refractivity contribution is 8.78. The molecule has 4 atom stereocenters. The average Bonchev–Trinajstić information content (AvgIpc) is 2.87. The molecule has 4 aliphatic rings. The van der Waals surface area contributed by atoms with E-state index in [0.717, 1.165) is 5.56 Å². The third-order valence-corrected chi connectivity index (χ3v) is 9.16. The first-order valence-electron chi connectivity index (χ1n) is 7.75. The number of carbonyl (C=O) groups is 2. The lowest BCUT2D eigenvalue weighted by molar-refractivity contribution is -0.164. The fraction of sp³-hybridized carbons (Fsp3) is 0.471. The van der Waals surface area contributed by atoms with Crippen molar-refractivity contribution in [2.24, 2.45) is 5.41 Å². The van der Waals surface area contributed by atoms with Gasteiger partial charge < -0.3 is 9.80 Å². The second-order valence-corrected chi connectivity index (χ2v) is 9.80. The lowest BCUT2D eigenvalue weighted by Gasteiger charge is -2.57. The first-order valence-corrected chi connectivity index (χ1v) is 9.90. The van der Waals surface area contributed by atoms with Crippen LogP contribution >= 0.6 is 21.6 Å². The van der Waals surface area contributed by atoms with Crippen molar-refractivity contribution in [2.45, 2.75) is 36.1 Å². The zero-order valence-corrected chi connectivity index (χ0v) is 15.3. The summed E-state index contributed by atoms with van der Waals surface area (Å²) in [6.07, 6.45) is 0.346. The summed E-state index contributed by atoms with van der Waals surface area (Å²) in [6.45, 7) is 3.65. The summed E-state index contributed by atoms with van der Waals surface area (Å²) >= 11 is 0. The van der Waals surface area contributed by atoms with Crippen molar-refractivity contribution in [3.05, 3.63) is 35.9 Å². The summed E-state index contributed by atoms with van der Waals surface area (Å²) in [7, 11) is 4.56. The van der Waals surface area contributed by atoms with Crippen LogP contribution in [0.4, 0.5) is 0 Å². The quantitative estimate of drug-likeness (QED) is 0.722. The molecule has 1 spiro atoms. The maximum Gasteiger partial charge on any atom is 0.261 e. The molecule has 24 heavy (non-hydrogen) atoms. The second-order valence-electron chi connectivity index (χ2n) is 6.99. The Kier molecular flexibility index (Phi) is 3.11. The van der Waals surface area contributed by atoms with Crippen LogP contribution in [0.2, 0.25) is 0 Å². The maximum atomic E-state index is 13.3. The molecule has 1 unspecified atom stereocenters. The molecule has 2 amide bonds. The lowest BCUT2D eigenvalue weighted by Crippen LogP contribution is -2.73. The molecule has 0 radical (unpaired) electrons. The number of rotatable bonds is 1. The first-order chi connectivity index (χ1) is 11.3. The number of fused-ring (bicyclic) bond motifs is 2. The summed E-state index contributed by atoms with van der Waals surface area (Å²) in [5.41, 5.74) is 0.0976. The predicted molar refractivity (Wildman–Crippen MR) is 93.5 cm³/mol. The summed E-state index contributed by atoms with van der Waals surface area (Å²) in [5.74, 6) is -0.158. The number of benzene rings is 1. The largest absolute Gasteiger partial charge is 0.319 e. The lowest BCUT2D eigenvalue weighted by atomic mass is 9.79. The van der Waals surface area contributed by atoms with Crippen molar-refractivity contribution >= 4 is 33.4 Å². The van der Waals surface area contributed by atoms with E-state index in [4.69, 9.17) is 0 Å². The van der Waals surface area contributed by atoms with Gasteiger partial charge in [-0.25, -0.2) is 0 Å². The van der Waals surface area contributed by atoms with Gasteiger partial charge >= 0.3 is 0 Å². The number of hydrogen-bond acceptors (Lipinski definition) is 5. The Morgan fingerprint density at radius 2 is 1.83 bits per heavy atom. The van der Waals surface area contributed by atoms with Crippen LogP contribution in [0, 0.1) is 16.7 Å². The highest BCUT2D eigenvalue weighted by atomic mass is 33.1. The summed E-state index contributed by atoms with van der Waals surface area (Å²) in [5, 5.41) is 9.90. The van der Waals surface area contributed by atoms with Crippen LogP contribution in [-0.4, -0.2) is 38.4 Å². The smallest absolute Gasteiger partial charge is 0.261 e. The number of nitriles is 1. The Morgan fingerprint density at radius 3 is 2.46 bits per heavy atom. The number of hydrogen-bond donors (Lipinski definition) is 0. The molecule has 4 fully saturated rings. The third kappa shape index (κ3) is 1.63. The third-order valence-electron chi connectivity index (χ3n) is 5.46. The van der Waals surface area contributed by atoms with E-state index in [-0.39, 0.29) is 11.8 Å². The molecule has 0 saturated carbocycles. The van der Waals surface area contributed by atoms with E-state index < -0.39 is 21.2 Å². The van der Waals surface area contributed by atoms with Crippen LogP contribution in [0.25, 0.3) is 0 Å². The summed E-state index contributed by atoms with van der Waals surface area (Å²) in [6, 6.07) is 11.6. The summed E-state index contributed by atoms with van der Waals surface area (Å²) < 4.78 is 0. The van der Waals surface area contributed by atoms with E-state index in [1.54, 1.807) is 23.8 Å². The zero-order valence-electron chi connectivity index (χ0n) is 13.6. The number of likely N-dealkylation sites (N-methyl/N-ethyl adjacent to an activating group) is 1. The molecule has 2 bridgehead atoms. The second kappa shape index (κ2) is 4.70. The monoisotopic (exact) mass is 359 g/mol. The molecule has 4 saturated heterocycles. The topological polar surface area (TPSA) is 64.4 Å². The van der Waals surface area contributed by atoms with E-state index in [0.29, 0.717) is 6.42 Å². The van der Waals surface area contributed by atoms with Crippen molar-refractivity contribution in [3.8, 4) is 6.07 Å². The van der Waals surface area contributed by atoms with Gasteiger partial charge in [0.25, 0.3) is 11.8 Å². The van der Waals surface area contributed by atoms with Crippen molar-refractivity contribution in [2.75, 3.05) is 7.05 Å². The van der Waals surface area contributed by atoms with Gasteiger partial charge in [-0.3, -0.25) is 9.59 Å². The predicted octanol–water partition coefficient (Wildman–Crippen LogP) is 2.77. The molecule has 5 nitrogen and oxygen atoms in total. The first kappa shape index (κ1) is 15.9. The Bertz CT molecular complexity index is 795. The molecule has 4 aliphatic heterocycles. The molecular weight excluding hydrogens is 342 g/mol. The molecule has 1 aromatic carbocycles. The minimum atomic E-state index is -0.987. The number of nitrogens with zero attached hydrogens (tertiary/aromatic N) is 3. The Balaban J connectivity index is 1.95. The Hall–Kier alpha value is -1.65. The standard InChI is InChI=1S/C17H17N3O2S2/c1-15(10-18)9-17-14(22)19(3)16(2,23-24-17)13(21)20(17)12(15)11-7-5-4-6-8-11/h4-8,12H,9H2,1-3H3/t12-,15+,16+,17?/m0/s1. The van der Waals surface area contributed by atoms with Crippen LogP contribution in [0.3, 0.4) is 0 Å². The SMILES string of the molecule is CN1C(=O)C23C[C@](C)(C#N)[C@H](c4ccccc4)N2C(=O)[C@@]1(C)SS3. The van der Waals surface area contributed by atoms with Gasteiger partial charge in [-0.1, -0.05) is 51.9 Å². The molecule has 124 valence electrons. The average molecular weight is 359 g/mol. The Morgan fingerprint density at radius 1 is 1.17 bits per heavy atom. The van der Waals surface area contributed by atoms with Gasteiger partial charge in [0.15, 0.2) is 9.74 Å². The molecule has 4 heterocycles. The number of carbonyl (C=O) groups excluding carboxylic acids is 2. The molecule has 0 aliphatic carbocycles. The van der Waals surface area contributed by atoms with E-state index >= 15 is 0 Å². The van der Waals surface area contributed by atoms with Gasteiger partial charge in [-0.2, -0.15) is 5.26 Å². The van der Waals surface area contributed by atoms with Gasteiger partial charge in [0.2, 0.25) is 0 Å². The van der Waals surface area contributed by atoms with Crippen LogP contribution in [0.5, 0.6) is 0 Å². The molecular formula is C17H17N3O2S2. The van der Waals surface area contributed by atoms with Crippen molar-refractivity contribution in [1.29, 1.82) is 5.26 Å². The maximum absolute atomic E-state index is 13.3. The van der Waals surface area contributed by atoms with E-state index in [9.17, 15) is 14.9 Å². The van der Waals surface area contributed by atoms with Crippen molar-refractivity contribution in [1.82, 2.24) is 9.80 Å². The summed E-state index contributed by atoms with van der Waals surface area (Å²) in [4.78, 5) is 27.8. The number of piperazine rings is 1. The highest BCUT2D eigenvalue weighted by Gasteiger charge is 2.74. The molecule has 7 heteroatoms. The fourth-order valence-corrected chi connectivity index (χ4v) is 7.64. The van der Waals surface area contributed by atoms with E-state index in [1.165, 1.54) is 21.6 Å². The normalized spacial score (nSPS) is 40.7. The molecule has 1 aromatic rings. The van der Waals surface area contributed by atoms with Crippen molar-refractivity contribution < 1.29 is 9.59 Å². The highest BCUT2D eigenvalue weighted by Crippen LogP contribution is 2.69. The molecule has 0 aromatic heterocycles. The van der Waals surface area contributed by atoms with Crippen LogP contribution < -0.4 is 0 Å². The fourth-order valence-electron chi connectivity index (χ4n) is 4.06. The molecule has 5 rings (SSSR count). The van der Waals surface area contributed by atoms with E-state index in [2.05, 4.69) is 6.07 Å². The number of amides is 2. The Labute approximate surface area is 148 Å². The molecule has 0 N–H and O–H groups in total. The van der Waals surface area contributed by atoms with Gasteiger partial charge in [-0.05, 0) is 19.4 Å². The van der Waals surface area contributed by atoms with E-state index in [1.807, 2.05) is 37.3 Å². The minimum absolute atomic E-state index is 0.0757. The van der Waals surface area contributed by atoms with Gasteiger partial charge in [0.05, 0.1) is 17.5 Å². The minimum Gasteiger partial charge on any atom is -0.319 e. The zero-order chi connectivity index (χ0) is 17.3. The van der Waals surface area contributed by atoms with Gasteiger partial charge in [0, 0.05) is 13.5 Å².